The van der Waals surface area contributed by atoms with Crippen LogP contribution in [0.15, 0.2) is 12.2 Å². The number of ketones is 1. The van der Waals surface area contributed by atoms with E-state index in [1.807, 2.05) is 0 Å². The van der Waals surface area contributed by atoms with Crippen LogP contribution in [0.4, 0.5) is 0 Å². The Morgan fingerprint density at radius 2 is 1.61 bits per heavy atom. The van der Waals surface area contributed by atoms with Crippen molar-refractivity contribution >= 4 is 11.8 Å². The number of nitrogens with zero attached hydrogens (tertiary/aromatic N) is 1. The summed E-state index contributed by atoms with van der Waals surface area (Å²) in [6.45, 7) is 7.27. The number of carboxylic acids is 1. The van der Waals surface area contributed by atoms with Crippen molar-refractivity contribution in [2.75, 3.05) is 27.2 Å². The van der Waals surface area contributed by atoms with Crippen LogP contribution in [-0.4, -0.2) is 48.5 Å². The molecule has 104 valence electrons. The molecule has 0 bridgehead atoms. The summed E-state index contributed by atoms with van der Waals surface area (Å²) in [6, 6.07) is 0. The summed E-state index contributed by atoms with van der Waals surface area (Å²) in [4.78, 5) is 21.8. The number of hydrogen-bond acceptors (Lipinski definition) is 2. The number of hydrogen-bond donors (Lipinski definition) is 1. The van der Waals surface area contributed by atoms with E-state index in [9.17, 15) is 9.59 Å². The van der Waals surface area contributed by atoms with Crippen LogP contribution in [0.5, 0.6) is 0 Å². The summed E-state index contributed by atoms with van der Waals surface area (Å²) in [6.07, 6.45) is 3.30. The highest BCUT2D eigenvalue weighted by Crippen LogP contribution is 2.08. The molecule has 0 radical (unpaired) electrons. The number of carbonyl (C=O) groups excluding carboxylic acids is 1. The van der Waals surface area contributed by atoms with Gasteiger partial charge in [-0.25, -0.2) is 0 Å². The summed E-state index contributed by atoms with van der Waals surface area (Å²) in [5, 5.41) is 8.55. The van der Waals surface area contributed by atoms with E-state index in [2.05, 4.69) is 20.7 Å². The Morgan fingerprint density at radius 1 is 1.06 bits per heavy atom. The molecule has 0 aromatic carbocycles. The van der Waals surface area contributed by atoms with Gasteiger partial charge in [-0.1, -0.05) is 6.58 Å². The van der Waals surface area contributed by atoms with Gasteiger partial charge >= 0.3 is 5.97 Å². The van der Waals surface area contributed by atoms with E-state index in [0.717, 1.165) is 36.8 Å². The maximum Gasteiger partial charge on any atom is 0.303 e. The number of unbranched alkanes of at least 4 members (excludes halogenated alkanes) is 1. The van der Waals surface area contributed by atoms with E-state index >= 15 is 0 Å². The lowest BCUT2D eigenvalue weighted by Gasteiger charge is -2.29. The minimum absolute atomic E-state index is 0.140. The summed E-state index contributed by atoms with van der Waals surface area (Å²) >= 11 is 0. The number of quaternary nitrogens is 1. The number of rotatable bonds is 10. The Bertz CT molecular complexity index is 308. The molecule has 0 aliphatic heterocycles. The fourth-order valence-electron chi connectivity index (χ4n) is 1.81. The standard InChI is InChI=1S/C14H25NO3/c1-12(2)13(16)8-7-11-15(3,4)10-6-5-9-14(17)18/h1,5-11H2,2-4H3/p+1. The molecule has 0 rings (SSSR count). The first-order valence-corrected chi connectivity index (χ1v) is 6.47. The number of allylic oxidation sites excluding steroid dienone is 1. The lowest BCUT2D eigenvalue weighted by Crippen LogP contribution is -2.41. The predicted octanol–water partition coefficient (Wildman–Crippen LogP) is 2.24. The SMILES string of the molecule is C=C(C)C(=O)CCC[N+](C)(C)CCCCC(=O)O. The van der Waals surface area contributed by atoms with E-state index in [4.69, 9.17) is 5.11 Å². The highest BCUT2D eigenvalue weighted by molar-refractivity contribution is 5.93. The van der Waals surface area contributed by atoms with Gasteiger partial charge in [0.25, 0.3) is 0 Å². The zero-order valence-electron chi connectivity index (χ0n) is 11.9. The average molecular weight is 256 g/mol. The van der Waals surface area contributed by atoms with E-state index in [-0.39, 0.29) is 12.2 Å². The van der Waals surface area contributed by atoms with E-state index in [1.54, 1.807) is 6.92 Å². The van der Waals surface area contributed by atoms with Crippen LogP contribution in [0.25, 0.3) is 0 Å². The molecule has 0 unspecified atom stereocenters. The fourth-order valence-corrected chi connectivity index (χ4v) is 1.81. The van der Waals surface area contributed by atoms with Gasteiger partial charge in [-0.2, -0.15) is 0 Å². The number of carbonyl (C=O) groups is 2. The molecule has 4 heteroatoms. The molecule has 0 atom stereocenters. The molecular formula is C14H26NO3+. The summed E-state index contributed by atoms with van der Waals surface area (Å²) in [5.74, 6) is -0.590. The molecular weight excluding hydrogens is 230 g/mol. The zero-order valence-corrected chi connectivity index (χ0v) is 11.9. The van der Waals surface area contributed by atoms with E-state index in [1.165, 1.54) is 0 Å². The van der Waals surface area contributed by atoms with E-state index < -0.39 is 5.97 Å². The number of carboxylic acid groups (broad SMARTS) is 1. The lowest BCUT2D eigenvalue weighted by atomic mass is 10.1. The second kappa shape index (κ2) is 8.03. The van der Waals surface area contributed by atoms with Gasteiger partial charge in [0.1, 0.15) is 0 Å². The molecule has 0 saturated heterocycles. The highest BCUT2D eigenvalue weighted by atomic mass is 16.4. The van der Waals surface area contributed by atoms with Crippen LogP contribution in [0, 0.1) is 0 Å². The zero-order chi connectivity index (χ0) is 14.2. The van der Waals surface area contributed by atoms with Gasteiger partial charge in [0, 0.05) is 19.3 Å². The first kappa shape index (κ1) is 16.8. The Kier molecular flexibility index (Phi) is 7.51. The van der Waals surface area contributed by atoms with Gasteiger partial charge < -0.3 is 9.59 Å². The van der Waals surface area contributed by atoms with Crippen molar-refractivity contribution < 1.29 is 19.2 Å². The monoisotopic (exact) mass is 256 g/mol. The quantitative estimate of drug-likeness (QED) is 0.370. The molecule has 1 N–H and O–H groups in total. The molecule has 0 fully saturated rings. The fraction of sp³-hybridized carbons (Fsp3) is 0.714. The summed E-state index contributed by atoms with van der Waals surface area (Å²) in [5.41, 5.74) is 0.627. The Balaban J connectivity index is 3.76. The van der Waals surface area contributed by atoms with Gasteiger partial charge in [-0.05, 0) is 25.3 Å². The van der Waals surface area contributed by atoms with Gasteiger partial charge in [0.2, 0.25) is 0 Å². The third kappa shape index (κ3) is 8.93. The first-order chi connectivity index (χ1) is 8.24. The normalized spacial score (nSPS) is 11.3. The smallest absolute Gasteiger partial charge is 0.303 e. The predicted molar refractivity (Wildman–Crippen MR) is 72.4 cm³/mol. The van der Waals surface area contributed by atoms with Crippen molar-refractivity contribution in [3.8, 4) is 0 Å². The first-order valence-electron chi connectivity index (χ1n) is 6.47. The van der Waals surface area contributed by atoms with Crippen LogP contribution in [0.2, 0.25) is 0 Å². The summed E-state index contributed by atoms with van der Waals surface area (Å²) < 4.78 is 0.836. The van der Waals surface area contributed by atoms with Crippen LogP contribution < -0.4 is 0 Å². The second-order valence-corrected chi connectivity index (χ2v) is 5.54. The molecule has 0 aliphatic rings. The van der Waals surface area contributed by atoms with Gasteiger partial charge in [-0.3, -0.25) is 9.59 Å². The molecule has 0 saturated carbocycles. The number of aliphatic carboxylic acids is 1. The summed E-state index contributed by atoms with van der Waals surface area (Å²) in [7, 11) is 4.23. The van der Waals surface area contributed by atoms with Crippen molar-refractivity contribution in [2.45, 2.75) is 39.0 Å². The average Bonchev–Trinajstić information content (AvgIpc) is 2.23. The van der Waals surface area contributed by atoms with Crippen LogP contribution in [0.1, 0.15) is 39.0 Å². The molecule has 0 aromatic heterocycles. The van der Waals surface area contributed by atoms with Crippen LogP contribution >= 0.6 is 0 Å². The van der Waals surface area contributed by atoms with Crippen LogP contribution in [-0.2, 0) is 9.59 Å². The van der Waals surface area contributed by atoms with Crippen molar-refractivity contribution in [1.29, 1.82) is 0 Å². The Hall–Kier alpha value is -1.16. The molecule has 0 spiro atoms. The van der Waals surface area contributed by atoms with Gasteiger partial charge in [-0.15, -0.1) is 0 Å². The van der Waals surface area contributed by atoms with Gasteiger partial charge in [0.05, 0.1) is 27.2 Å². The highest BCUT2D eigenvalue weighted by Gasteiger charge is 2.15. The molecule has 0 amide bonds. The Labute approximate surface area is 110 Å². The third-order valence-electron chi connectivity index (χ3n) is 3.05. The lowest BCUT2D eigenvalue weighted by molar-refractivity contribution is -0.890. The van der Waals surface area contributed by atoms with Crippen molar-refractivity contribution in [3.63, 3.8) is 0 Å². The van der Waals surface area contributed by atoms with Crippen LogP contribution in [0.3, 0.4) is 0 Å². The third-order valence-corrected chi connectivity index (χ3v) is 3.05. The van der Waals surface area contributed by atoms with E-state index in [0.29, 0.717) is 12.0 Å². The molecule has 0 heterocycles. The molecule has 0 aromatic rings. The molecule has 4 nitrogen and oxygen atoms in total. The topological polar surface area (TPSA) is 54.4 Å². The minimum atomic E-state index is -0.729. The minimum Gasteiger partial charge on any atom is -0.481 e. The Morgan fingerprint density at radius 3 is 2.11 bits per heavy atom. The van der Waals surface area contributed by atoms with Crippen molar-refractivity contribution in [1.82, 2.24) is 0 Å². The van der Waals surface area contributed by atoms with Crippen molar-refractivity contribution in [3.05, 3.63) is 12.2 Å². The molecule has 18 heavy (non-hydrogen) atoms. The maximum absolute atomic E-state index is 11.4. The second-order valence-electron chi connectivity index (χ2n) is 5.54. The number of Topliss-reactive ketones (excluding diaryl/α,β-unsaturated/α-hetero) is 1. The van der Waals surface area contributed by atoms with Crippen molar-refractivity contribution in [2.24, 2.45) is 0 Å². The molecule has 0 aliphatic carbocycles. The van der Waals surface area contributed by atoms with Gasteiger partial charge in [0.15, 0.2) is 5.78 Å². The largest absolute Gasteiger partial charge is 0.481 e. The maximum atomic E-state index is 11.4.